The number of hydrogen-bond acceptors (Lipinski definition) is 3. The largest absolute Gasteiger partial charge is 0.330 e. The number of thioether (sulfide) groups is 1. The summed E-state index contributed by atoms with van der Waals surface area (Å²) in [6.45, 7) is 9.37. The van der Waals surface area contributed by atoms with Crippen molar-refractivity contribution >= 4 is 34.6 Å². The number of thiophene rings is 1. The van der Waals surface area contributed by atoms with Gasteiger partial charge in [-0.2, -0.15) is 0 Å². The predicted molar refractivity (Wildman–Crippen MR) is 87.8 cm³/mol. The van der Waals surface area contributed by atoms with Crippen molar-refractivity contribution in [1.29, 1.82) is 0 Å². The second kappa shape index (κ2) is 5.26. The number of hydrogen-bond donors (Lipinski definition) is 0. The summed E-state index contributed by atoms with van der Waals surface area (Å²) in [6, 6.07) is 2.27. The van der Waals surface area contributed by atoms with Gasteiger partial charge in [-0.1, -0.05) is 12.7 Å². The molecule has 2 aliphatic rings. The minimum atomic E-state index is 0.0158. The van der Waals surface area contributed by atoms with E-state index in [2.05, 4.69) is 38.0 Å². The third-order valence-electron chi connectivity index (χ3n) is 3.74. The molecule has 2 aliphatic heterocycles. The van der Waals surface area contributed by atoms with Gasteiger partial charge in [-0.25, -0.2) is 0 Å². The van der Waals surface area contributed by atoms with E-state index in [1.54, 1.807) is 11.3 Å². The van der Waals surface area contributed by atoms with E-state index >= 15 is 0 Å². The fourth-order valence-corrected chi connectivity index (χ4v) is 4.66. The van der Waals surface area contributed by atoms with E-state index in [0.717, 1.165) is 0 Å². The van der Waals surface area contributed by atoms with Gasteiger partial charge in [0.2, 0.25) is 5.91 Å². The molecular weight excluding hydrogens is 286 g/mol. The summed E-state index contributed by atoms with van der Waals surface area (Å²) in [4.78, 5) is 16.5. The van der Waals surface area contributed by atoms with Gasteiger partial charge in [0.1, 0.15) is 0 Å². The Kier molecular flexibility index (Phi) is 3.61. The first-order chi connectivity index (χ1) is 9.60. The first-order valence-corrected chi connectivity index (χ1v) is 8.42. The Labute approximate surface area is 127 Å². The lowest BCUT2D eigenvalue weighted by molar-refractivity contribution is -0.126. The van der Waals surface area contributed by atoms with Gasteiger partial charge < -0.3 is 4.90 Å². The molecule has 0 radical (unpaired) electrons. The molecule has 1 atom stereocenters. The number of aryl methyl sites for hydroxylation is 1. The minimum Gasteiger partial charge on any atom is -0.330 e. The van der Waals surface area contributed by atoms with Crippen LogP contribution in [0.15, 0.2) is 35.8 Å². The van der Waals surface area contributed by atoms with Crippen LogP contribution in [-0.4, -0.2) is 22.6 Å². The Morgan fingerprint density at radius 3 is 2.95 bits per heavy atom. The predicted octanol–water partition coefficient (Wildman–Crippen LogP) is 3.99. The maximum absolute atomic E-state index is 12.0. The first-order valence-electron chi connectivity index (χ1n) is 6.66. The first kappa shape index (κ1) is 13.7. The molecule has 1 aromatic heterocycles. The van der Waals surface area contributed by atoms with Crippen LogP contribution < -0.4 is 0 Å². The number of nitrogens with zero attached hydrogens (tertiary/aromatic N) is 1. The standard InChI is InChI=1S/C16H17NOS2/c1-4-16(18)17-8-14(12-5-6-19-11(12)3)13-7-10(2)20-15(13)9-17/h4-7,11H,1,8-9H2,2-3H3/b14-12+. The van der Waals surface area contributed by atoms with Crippen molar-refractivity contribution in [1.82, 2.24) is 4.90 Å². The molecule has 0 aromatic carbocycles. The molecule has 1 unspecified atom stereocenters. The van der Waals surface area contributed by atoms with Crippen LogP contribution in [0, 0.1) is 6.92 Å². The maximum atomic E-state index is 12.0. The monoisotopic (exact) mass is 303 g/mol. The molecule has 0 spiro atoms. The summed E-state index contributed by atoms with van der Waals surface area (Å²) < 4.78 is 0. The van der Waals surface area contributed by atoms with Crippen LogP contribution in [0.25, 0.3) is 5.57 Å². The Morgan fingerprint density at radius 2 is 2.30 bits per heavy atom. The second-order valence-electron chi connectivity index (χ2n) is 5.11. The SMILES string of the molecule is C=CC(=O)N1C/C(=C2/C=CSC2C)c2cc(C)sc2C1. The molecule has 1 aromatic rings. The van der Waals surface area contributed by atoms with Crippen molar-refractivity contribution in [2.24, 2.45) is 0 Å². The maximum Gasteiger partial charge on any atom is 0.246 e. The van der Waals surface area contributed by atoms with Crippen molar-refractivity contribution in [2.75, 3.05) is 6.54 Å². The summed E-state index contributed by atoms with van der Waals surface area (Å²) >= 11 is 3.63. The lowest BCUT2D eigenvalue weighted by atomic mass is 9.94. The second-order valence-corrected chi connectivity index (χ2v) is 7.70. The van der Waals surface area contributed by atoms with E-state index in [1.807, 2.05) is 16.7 Å². The molecule has 3 heterocycles. The van der Waals surface area contributed by atoms with Crippen molar-refractivity contribution < 1.29 is 4.79 Å². The highest BCUT2D eigenvalue weighted by atomic mass is 32.2. The van der Waals surface area contributed by atoms with Gasteiger partial charge in [0.25, 0.3) is 0 Å². The number of allylic oxidation sites excluding steroid dienone is 1. The summed E-state index contributed by atoms with van der Waals surface area (Å²) in [7, 11) is 0. The van der Waals surface area contributed by atoms with Gasteiger partial charge in [0.05, 0.1) is 6.54 Å². The van der Waals surface area contributed by atoms with Crippen molar-refractivity contribution in [3.8, 4) is 0 Å². The van der Waals surface area contributed by atoms with E-state index < -0.39 is 0 Å². The zero-order chi connectivity index (χ0) is 14.3. The molecule has 0 saturated carbocycles. The van der Waals surface area contributed by atoms with Crippen molar-refractivity contribution in [3.05, 3.63) is 51.1 Å². The van der Waals surface area contributed by atoms with E-state index in [-0.39, 0.29) is 5.91 Å². The summed E-state index contributed by atoms with van der Waals surface area (Å²) in [6.07, 6.45) is 3.61. The van der Waals surface area contributed by atoms with Crippen LogP contribution in [0.5, 0.6) is 0 Å². The minimum absolute atomic E-state index is 0.0158. The topological polar surface area (TPSA) is 20.3 Å². The fourth-order valence-electron chi connectivity index (χ4n) is 2.76. The van der Waals surface area contributed by atoms with Crippen LogP contribution in [-0.2, 0) is 11.3 Å². The van der Waals surface area contributed by atoms with Crippen LogP contribution >= 0.6 is 23.1 Å². The van der Waals surface area contributed by atoms with Gasteiger partial charge in [0.15, 0.2) is 0 Å². The third kappa shape index (κ3) is 2.27. The smallest absolute Gasteiger partial charge is 0.246 e. The lowest BCUT2D eigenvalue weighted by Gasteiger charge is -2.29. The molecule has 0 N–H and O–H groups in total. The van der Waals surface area contributed by atoms with E-state index in [9.17, 15) is 4.79 Å². The molecule has 104 valence electrons. The van der Waals surface area contributed by atoms with Gasteiger partial charge in [-0.05, 0) is 48.1 Å². The molecule has 20 heavy (non-hydrogen) atoms. The summed E-state index contributed by atoms with van der Waals surface area (Å²) in [5, 5.41) is 2.62. The number of carbonyl (C=O) groups excluding carboxylic acids is 1. The average Bonchev–Trinajstić information content (AvgIpc) is 3.01. The Bertz CT molecular complexity index is 639. The van der Waals surface area contributed by atoms with Crippen LogP contribution in [0.3, 0.4) is 0 Å². The molecule has 0 bridgehead atoms. The summed E-state index contributed by atoms with van der Waals surface area (Å²) in [5.41, 5.74) is 4.00. The van der Waals surface area contributed by atoms with Crippen LogP contribution in [0.4, 0.5) is 0 Å². The van der Waals surface area contributed by atoms with Gasteiger partial charge in [0, 0.05) is 21.5 Å². The number of rotatable bonds is 1. The molecule has 0 saturated heterocycles. The van der Waals surface area contributed by atoms with Gasteiger partial charge >= 0.3 is 0 Å². The van der Waals surface area contributed by atoms with E-state index in [1.165, 1.54) is 32.5 Å². The Hall–Kier alpha value is -1.26. The normalized spacial score (nSPS) is 24.9. The quantitative estimate of drug-likeness (QED) is 0.731. The molecule has 4 heteroatoms. The lowest BCUT2D eigenvalue weighted by Crippen LogP contribution is -2.34. The third-order valence-corrected chi connectivity index (χ3v) is 5.73. The van der Waals surface area contributed by atoms with Crippen molar-refractivity contribution in [2.45, 2.75) is 25.6 Å². The van der Waals surface area contributed by atoms with Crippen molar-refractivity contribution in [3.63, 3.8) is 0 Å². The zero-order valence-corrected chi connectivity index (χ0v) is 13.3. The highest BCUT2D eigenvalue weighted by Gasteiger charge is 2.28. The molecule has 3 rings (SSSR count). The molecule has 2 nitrogen and oxygen atoms in total. The Balaban J connectivity index is 2.11. The highest BCUT2D eigenvalue weighted by molar-refractivity contribution is 8.03. The van der Waals surface area contributed by atoms with Gasteiger partial charge in [-0.15, -0.1) is 23.1 Å². The molecule has 1 amide bonds. The van der Waals surface area contributed by atoms with Crippen LogP contribution in [0.1, 0.15) is 22.2 Å². The molecular formula is C16H17NOS2. The fraction of sp³-hybridized carbons (Fsp3) is 0.312. The molecule has 0 aliphatic carbocycles. The summed E-state index contributed by atoms with van der Waals surface area (Å²) in [5.74, 6) is 0.0158. The van der Waals surface area contributed by atoms with Crippen LogP contribution in [0.2, 0.25) is 0 Å². The Morgan fingerprint density at radius 1 is 1.50 bits per heavy atom. The average molecular weight is 303 g/mol. The number of fused-ring (bicyclic) bond motifs is 1. The highest BCUT2D eigenvalue weighted by Crippen LogP contribution is 2.40. The zero-order valence-electron chi connectivity index (χ0n) is 11.7. The number of amides is 1. The number of carbonyl (C=O) groups is 1. The van der Waals surface area contributed by atoms with Gasteiger partial charge in [-0.3, -0.25) is 4.79 Å². The van der Waals surface area contributed by atoms with E-state index in [0.29, 0.717) is 18.3 Å². The van der Waals surface area contributed by atoms with E-state index in [4.69, 9.17) is 0 Å². The molecule has 0 fully saturated rings.